The lowest BCUT2D eigenvalue weighted by Crippen LogP contribution is -3.12. The molecule has 5 nitrogen and oxygen atoms in total. The highest BCUT2D eigenvalue weighted by Gasteiger charge is 2.46. The number of benzene rings is 2. The molecule has 0 saturated carbocycles. The third-order valence-electron chi connectivity index (χ3n) is 5.48. The largest absolute Gasteiger partial charge is 0.507 e. The van der Waals surface area contributed by atoms with Crippen LogP contribution >= 0.6 is 0 Å². The normalized spacial score (nSPS) is 18.6. The molecule has 0 bridgehead atoms. The van der Waals surface area contributed by atoms with Gasteiger partial charge in [-0.3, -0.25) is 9.59 Å². The van der Waals surface area contributed by atoms with Crippen molar-refractivity contribution in [2.24, 2.45) is 0 Å². The quantitative estimate of drug-likeness (QED) is 0.428. The highest BCUT2D eigenvalue weighted by Crippen LogP contribution is 2.39. The third kappa shape index (κ3) is 4.22. The summed E-state index contributed by atoms with van der Waals surface area (Å²) in [4.78, 5) is 28.5. The van der Waals surface area contributed by atoms with Crippen molar-refractivity contribution in [2.75, 3.05) is 26.2 Å². The van der Waals surface area contributed by atoms with Crippen LogP contribution in [-0.4, -0.2) is 47.9 Å². The molecule has 1 heterocycles. The molecular weight excluding hydrogens is 371 g/mol. The average Bonchev–Trinajstić information content (AvgIpc) is 3.00. The molecule has 29 heavy (non-hydrogen) atoms. The summed E-state index contributed by atoms with van der Waals surface area (Å²) in [7, 11) is 0. The second kappa shape index (κ2) is 9.01. The predicted octanol–water partition coefficient (Wildman–Crippen LogP) is 2.17. The Hall–Kier alpha value is -2.99. The molecule has 1 aliphatic rings. The number of hydrogen-bond donors (Lipinski definition) is 2. The van der Waals surface area contributed by atoms with Crippen molar-refractivity contribution >= 4 is 17.4 Å². The maximum absolute atomic E-state index is 13.5. The van der Waals surface area contributed by atoms with Crippen LogP contribution in [0.4, 0.5) is 4.39 Å². The molecule has 1 saturated heterocycles. The third-order valence-corrected chi connectivity index (χ3v) is 5.48. The molecule has 2 N–H and O–H groups in total. The van der Waals surface area contributed by atoms with Gasteiger partial charge in [-0.25, -0.2) is 4.39 Å². The molecule has 2 aromatic carbocycles. The van der Waals surface area contributed by atoms with Crippen LogP contribution in [0.25, 0.3) is 5.76 Å². The molecule has 0 radical (unpaired) electrons. The molecule has 2 aromatic rings. The zero-order chi connectivity index (χ0) is 21.0. The van der Waals surface area contributed by atoms with Crippen molar-refractivity contribution in [3.63, 3.8) is 0 Å². The number of rotatable bonds is 7. The monoisotopic (exact) mass is 397 g/mol. The van der Waals surface area contributed by atoms with Gasteiger partial charge in [0.15, 0.2) is 0 Å². The van der Waals surface area contributed by atoms with Gasteiger partial charge in [-0.15, -0.1) is 0 Å². The lowest BCUT2D eigenvalue weighted by atomic mass is 9.95. The number of likely N-dealkylation sites (N-methyl/N-ethyl adjacent to an activating group) is 1. The molecule has 1 aliphatic heterocycles. The van der Waals surface area contributed by atoms with Crippen molar-refractivity contribution in [1.82, 2.24) is 4.90 Å². The van der Waals surface area contributed by atoms with Crippen LogP contribution in [0.15, 0.2) is 60.2 Å². The summed E-state index contributed by atoms with van der Waals surface area (Å²) in [6.07, 6.45) is 0. The first-order chi connectivity index (χ1) is 14.0. The Kier molecular flexibility index (Phi) is 6.44. The van der Waals surface area contributed by atoms with E-state index in [4.69, 9.17) is 0 Å². The Balaban J connectivity index is 2.07. The van der Waals surface area contributed by atoms with E-state index in [9.17, 15) is 19.1 Å². The summed E-state index contributed by atoms with van der Waals surface area (Å²) < 4.78 is 13.5. The van der Waals surface area contributed by atoms with E-state index in [0.717, 1.165) is 13.1 Å². The summed E-state index contributed by atoms with van der Waals surface area (Å²) in [6, 6.07) is 13.6. The van der Waals surface area contributed by atoms with Crippen molar-refractivity contribution in [3.8, 4) is 0 Å². The second-order valence-electron chi connectivity index (χ2n) is 7.12. The minimum atomic E-state index is -0.745. The van der Waals surface area contributed by atoms with E-state index < -0.39 is 23.5 Å². The Bertz CT molecular complexity index is 905. The lowest BCUT2D eigenvalue weighted by molar-refractivity contribution is -0.895. The standard InChI is InChI=1S/C23H25FN2O3/c1-3-25(4-2)14-15-26-20(16-10-12-18(24)13-11-16)19(22(28)23(26)29)21(27)17-8-6-5-7-9-17/h5-13,20,27H,3-4,14-15H2,1-2H3/p+1/t20-/m1/s1. The summed E-state index contributed by atoms with van der Waals surface area (Å²) >= 11 is 0. The number of hydrogen-bond acceptors (Lipinski definition) is 3. The van der Waals surface area contributed by atoms with Crippen LogP contribution < -0.4 is 4.90 Å². The van der Waals surface area contributed by atoms with Crippen LogP contribution in [0.5, 0.6) is 0 Å². The molecule has 1 amide bonds. The summed E-state index contributed by atoms with van der Waals surface area (Å²) in [5.41, 5.74) is 1.10. The number of halogens is 1. The number of aliphatic hydroxyl groups is 1. The van der Waals surface area contributed by atoms with E-state index in [-0.39, 0.29) is 11.3 Å². The highest BCUT2D eigenvalue weighted by atomic mass is 19.1. The molecule has 0 aliphatic carbocycles. The zero-order valence-electron chi connectivity index (χ0n) is 16.7. The Morgan fingerprint density at radius 3 is 2.24 bits per heavy atom. The second-order valence-corrected chi connectivity index (χ2v) is 7.12. The molecule has 0 aromatic heterocycles. The van der Waals surface area contributed by atoms with Gasteiger partial charge >= 0.3 is 0 Å². The topological polar surface area (TPSA) is 62.0 Å². The van der Waals surface area contributed by atoms with E-state index in [1.54, 1.807) is 42.5 Å². The number of likely N-dealkylation sites (tertiary alicyclic amines) is 1. The number of ketones is 1. The fraction of sp³-hybridized carbons (Fsp3) is 0.304. The predicted molar refractivity (Wildman–Crippen MR) is 109 cm³/mol. The average molecular weight is 397 g/mol. The molecule has 6 heteroatoms. The number of Topliss-reactive ketones (excluding diaryl/α,β-unsaturated/α-hetero) is 1. The lowest BCUT2D eigenvalue weighted by Gasteiger charge is -2.27. The van der Waals surface area contributed by atoms with E-state index in [1.165, 1.54) is 21.9 Å². The fourth-order valence-electron chi connectivity index (χ4n) is 3.74. The van der Waals surface area contributed by atoms with Gasteiger partial charge in [0.05, 0.1) is 37.8 Å². The molecule has 1 atom stereocenters. The number of nitrogens with one attached hydrogen (secondary N) is 1. The van der Waals surface area contributed by atoms with Gasteiger partial charge in [0, 0.05) is 5.56 Å². The van der Waals surface area contributed by atoms with Crippen LogP contribution in [0.2, 0.25) is 0 Å². The molecular formula is C23H26FN2O3+. The molecule has 1 fully saturated rings. The van der Waals surface area contributed by atoms with Crippen molar-refractivity contribution in [2.45, 2.75) is 19.9 Å². The van der Waals surface area contributed by atoms with Gasteiger partial charge < -0.3 is 14.9 Å². The van der Waals surface area contributed by atoms with Gasteiger partial charge in [0.25, 0.3) is 11.7 Å². The highest BCUT2D eigenvalue weighted by molar-refractivity contribution is 6.46. The summed E-state index contributed by atoms with van der Waals surface area (Å²) in [5.74, 6) is -1.96. The molecule has 0 unspecified atom stereocenters. The maximum Gasteiger partial charge on any atom is 0.295 e. The van der Waals surface area contributed by atoms with E-state index in [0.29, 0.717) is 24.2 Å². The Morgan fingerprint density at radius 1 is 1.03 bits per heavy atom. The number of aliphatic hydroxyl groups excluding tert-OH is 1. The Labute approximate surface area is 170 Å². The van der Waals surface area contributed by atoms with Gasteiger partial charge in [-0.1, -0.05) is 42.5 Å². The first-order valence-corrected chi connectivity index (χ1v) is 9.90. The fourth-order valence-corrected chi connectivity index (χ4v) is 3.74. The number of nitrogens with zero attached hydrogens (tertiary/aromatic N) is 1. The SMILES string of the molecule is CC[NH+](CC)CCN1C(=O)C(=O)C(=C(O)c2ccccc2)[C@H]1c1ccc(F)cc1. The van der Waals surface area contributed by atoms with Gasteiger partial charge in [-0.2, -0.15) is 0 Å². The van der Waals surface area contributed by atoms with Crippen LogP contribution in [0, 0.1) is 5.82 Å². The zero-order valence-corrected chi connectivity index (χ0v) is 16.7. The van der Waals surface area contributed by atoms with Crippen LogP contribution in [0.3, 0.4) is 0 Å². The van der Waals surface area contributed by atoms with E-state index >= 15 is 0 Å². The van der Waals surface area contributed by atoms with Crippen molar-refractivity contribution < 1.29 is 24.0 Å². The van der Waals surface area contributed by atoms with E-state index in [1.807, 2.05) is 0 Å². The van der Waals surface area contributed by atoms with Gasteiger partial charge in [0.2, 0.25) is 0 Å². The number of amides is 1. The van der Waals surface area contributed by atoms with Crippen LogP contribution in [-0.2, 0) is 9.59 Å². The first-order valence-electron chi connectivity index (χ1n) is 9.90. The Morgan fingerprint density at radius 2 is 1.66 bits per heavy atom. The minimum absolute atomic E-state index is 0.0438. The summed E-state index contributed by atoms with van der Waals surface area (Å²) in [5, 5.41) is 10.9. The first kappa shape index (κ1) is 20.7. The van der Waals surface area contributed by atoms with Gasteiger partial charge in [0.1, 0.15) is 11.6 Å². The smallest absolute Gasteiger partial charge is 0.295 e. The van der Waals surface area contributed by atoms with Crippen molar-refractivity contribution in [1.29, 1.82) is 0 Å². The van der Waals surface area contributed by atoms with Gasteiger partial charge in [-0.05, 0) is 31.5 Å². The number of quaternary nitrogens is 1. The minimum Gasteiger partial charge on any atom is -0.507 e. The molecule has 152 valence electrons. The van der Waals surface area contributed by atoms with Crippen molar-refractivity contribution in [3.05, 3.63) is 77.1 Å². The maximum atomic E-state index is 13.5. The number of carbonyl (C=O) groups is 2. The molecule has 0 spiro atoms. The summed E-state index contributed by atoms with van der Waals surface area (Å²) in [6.45, 7) is 7.01. The number of carbonyl (C=O) groups excluding carboxylic acids is 2. The molecule has 3 rings (SSSR count). The van der Waals surface area contributed by atoms with E-state index in [2.05, 4.69) is 13.8 Å². The van der Waals surface area contributed by atoms with Crippen LogP contribution in [0.1, 0.15) is 31.0 Å².